The zero-order chi connectivity index (χ0) is 24.4. The fourth-order valence-electron chi connectivity index (χ4n) is 4.09. The van der Waals surface area contributed by atoms with Crippen molar-refractivity contribution in [3.8, 4) is 22.7 Å². The normalized spacial score (nSPS) is 10.9. The molecule has 0 radical (unpaired) electrons. The van der Waals surface area contributed by atoms with Crippen LogP contribution in [-0.2, 0) is 6.54 Å². The fourth-order valence-corrected chi connectivity index (χ4v) is 4.09. The fraction of sp³-hybridized carbons (Fsp3) is 0.143. The van der Waals surface area contributed by atoms with Gasteiger partial charge in [0.1, 0.15) is 5.75 Å². The van der Waals surface area contributed by atoms with E-state index in [2.05, 4.69) is 15.4 Å². The Morgan fingerprint density at radius 2 is 1.86 bits per heavy atom. The average molecular weight is 464 g/mol. The first kappa shape index (κ1) is 22.3. The van der Waals surface area contributed by atoms with Crippen molar-refractivity contribution >= 4 is 16.8 Å². The highest BCUT2D eigenvalue weighted by Crippen LogP contribution is 2.29. The van der Waals surface area contributed by atoms with Crippen molar-refractivity contribution in [2.45, 2.75) is 20.4 Å². The van der Waals surface area contributed by atoms with Gasteiger partial charge in [0.05, 0.1) is 41.5 Å². The number of methoxy groups -OCH3 is 1. The maximum absolute atomic E-state index is 13.3. The number of benzene rings is 2. The lowest BCUT2D eigenvalue weighted by Crippen LogP contribution is -2.23. The molecule has 1 N–H and O–H groups in total. The number of fused-ring (bicyclic) bond motifs is 1. The van der Waals surface area contributed by atoms with Gasteiger partial charge in [-0.15, -0.1) is 0 Å². The van der Waals surface area contributed by atoms with Crippen molar-refractivity contribution < 1.29 is 9.53 Å². The van der Waals surface area contributed by atoms with E-state index in [-0.39, 0.29) is 5.91 Å². The molecule has 0 unspecified atom stereocenters. The first-order valence-corrected chi connectivity index (χ1v) is 11.3. The molecule has 3 aromatic heterocycles. The van der Waals surface area contributed by atoms with Gasteiger partial charge in [-0.1, -0.05) is 17.7 Å². The molecule has 7 heteroatoms. The summed E-state index contributed by atoms with van der Waals surface area (Å²) in [4.78, 5) is 22.3. The number of aromatic nitrogens is 4. The number of hydrogen-bond donors (Lipinski definition) is 1. The number of nitrogens with one attached hydrogen (secondary N) is 1. The molecule has 0 aliphatic carbocycles. The summed E-state index contributed by atoms with van der Waals surface area (Å²) in [7, 11) is 1.64. The van der Waals surface area contributed by atoms with Crippen LogP contribution < -0.4 is 10.1 Å². The Balaban J connectivity index is 1.54. The molecular weight excluding hydrogens is 438 g/mol. The van der Waals surface area contributed by atoms with E-state index in [1.165, 1.54) is 0 Å². The van der Waals surface area contributed by atoms with Gasteiger partial charge >= 0.3 is 0 Å². The largest absolute Gasteiger partial charge is 0.497 e. The third-order valence-corrected chi connectivity index (χ3v) is 5.99. The first-order chi connectivity index (χ1) is 17.0. The molecular formula is C28H25N5O2. The number of carbonyl (C=O) groups excluding carboxylic acids is 1. The number of rotatable bonds is 6. The summed E-state index contributed by atoms with van der Waals surface area (Å²) in [6, 6.07) is 19.3. The molecule has 2 aromatic carbocycles. The van der Waals surface area contributed by atoms with Crippen molar-refractivity contribution in [1.82, 2.24) is 25.1 Å². The second-order valence-corrected chi connectivity index (χ2v) is 8.37. The minimum Gasteiger partial charge on any atom is -0.497 e. The molecule has 0 saturated heterocycles. The molecule has 0 aliphatic rings. The van der Waals surface area contributed by atoms with Crippen LogP contribution in [0.5, 0.6) is 5.75 Å². The molecule has 0 fully saturated rings. The van der Waals surface area contributed by atoms with Crippen LogP contribution in [0.3, 0.4) is 0 Å². The Labute approximate surface area is 203 Å². The Morgan fingerprint density at radius 3 is 2.60 bits per heavy atom. The maximum Gasteiger partial charge on any atom is 0.252 e. The Morgan fingerprint density at radius 1 is 1.03 bits per heavy atom. The molecule has 35 heavy (non-hydrogen) atoms. The maximum atomic E-state index is 13.3. The third-order valence-electron chi connectivity index (χ3n) is 5.99. The molecule has 3 heterocycles. The second-order valence-electron chi connectivity index (χ2n) is 8.37. The van der Waals surface area contributed by atoms with E-state index in [1.54, 1.807) is 25.7 Å². The van der Waals surface area contributed by atoms with E-state index in [0.29, 0.717) is 17.8 Å². The van der Waals surface area contributed by atoms with E-state index >= 15 is 0 Å². The molecule has 5 aromatic rings. The van der Waals surface area contributed by atoms with Crippen LogP contribution in [0.2, 0.25) is 0 Å². The topological polar surface area (TPSA) is 81.9 Å². The summed E-state index contributed by atoms with van der Waals surface area (Å²) in [5.74, 6) is 0.625. The highest BCUT2D eigenvalue weighted by Gasteiger charge is 2.18. The Kier molecular flexibility index (Phi) is 5.97. The molecule has 1 amide bonds. The van der Waals surface area contributed by atoms with Gasteiger partial charge in [-0.05, 0) is 67.9 Å². The van der Waals surface area contributed by atoms with Gasteiger partial charge in [-0.3, -0.25) is 9.78 Å². The predicted octanol–water partition coefficient (Wildman–Crippen LogP) is 5.04. The second kappa shape index (κ2) is 9.38. The highest BCUT2D eigenvalue weighted by atomic mass is 16.5. The minimum atomic E-state index is -0.159. The molecule has 174 valence electrons. The van der Waals surface area contributed by atoms with Crippen molar-refractivity contribution in [2.24, 2.45) is 0 Å². The van der Waals surface area contributed by atoms with E-state index in [0.717, 1.165) is 44.7 Å². The lowest BCUT2D eigenvalue weighted by molar-refractivity contribution is 0.0952. The standard InChI is InChI=1S/C28H25N5O2/c1-18-6-11-26-23(13-18)24(28(34)30-16-20-5-4-12-29-15-20)14-27(32-26)25-17-31-33(19(25)2)21-7-9-22(35-3)10-8-21/h4-15,17H,16H2,1-3H3,(H,30,34). The third kappa shape index (κ3) is 4.48. The summed E-state index contributed by atoms with van der Waals surface area (Å²) in [5.41, 5.74) is 6.75. The van der Waals surface area contributed by atoms with Gasteiger partial charge in [-0.2, -0.15) is 5.10 Å². The first-order valence-electron chi connectivity index (χ1n) is 11.3. The van der Waals surface area contributed by atoms with E-state index < -0.39 is 0 Å². The molecule has 7 nitrogen and oxygen atoms in total. The molecule has 0 spiro atoms. The van der Waals surface area contributed by atoms with Crippen molar-refractivity contribution in [2.75, 3.05) is 7.11 Å². The van der Waals surface area contributed by atoms with E-state index in [4.69, 9.17) is 9.72 Å². The number of nitrogens with zero attached hydrogens (tertiary/aromatic N) is 4. The lowest BCUT2D eigenvalue weighted by atomic mass is 10.0. The number of hydrogen-bond acceptors (Lipinski definition) is 5. The SMILES string of the molecule is COc1ccc(-n2ncc(-c3cc(C(=O)NCc4cccnc4)c4cc(C)ccc4n3)c2C)cc1. The van der Waals surface area contributed by atoms with Gasteiger partial charge in [-0.25, -0.2) is 9.67 Å². The summed E-state index contributed by atoms with van der Waals surface area (Å²) < 4.78 is 7.12. The lowest BCUT2D eigenvalue weighted by Gasteiger charge is -2.12. The van der Waals surface area contributed by atoms with Crippen LogP contribution in [0.1, 0.15) is 27.2 Å². The summed E-state index contributed by atoms with van der Waals surface area (Å²) in [5, 5.41) is 8.43. The quantitative estimate of drug-likeness (QED) is 0.382. The van der Waals surface area contributed by atoms with E-state index in [9.17, 15) is 4.79 Å². The summed E-state index contributed by atoms with van der Waals surface area (Å²) >= 11 is 0. The van der Waals surface area contributed by atoms with Crippen LogP contribution in [0.15, 0.2) is 79.3 Å². The van der Waals surface area contributed by atoms with Gasteiger partial charge in [0.2, 0.25) is 0 Å². The minimum absolute atomic E-state index is 0.159. The summed E-state index contributed by atoms with van der Waals surface area (Å²) in [6.45, 7) is 4.40. The van der Waals surface area contributed by atoms with Crippen molar-refractivity contribution in [3.63, 3.8) is 0 Å². The van der Waals surface area contributed by atoms with Crippen LogP contribution >= 0.6 is 0 Å². The molecule has 0 saturated carbocycles. The van der Waals surface area contributed by atoms with E-state index in [1.807, 2.05) is 79.2 Å². The summed E-state index contributed by atoms with van der Waals surface area (Å²) in [6.07, 6.45) is 5.25. The number of aryl methyl sites for hydroxylation is 1. The molecule has 0 aliphatic heterocycles. The van der Waals surface area contributed by atoms with Gasteiger partial charge in [0.15, 0.2) is 0 Å². The molecule has 5 rings (SSSR count). The molecule has 0 bridgehead atoms. The van der Waals surface area contributed by atoms with Crippen LogP contribution in [0.4, 0.5) is 0 Å². The zero-order valence-corrected chi connectivity index (χ0v) is 19.8. The Hall–Kier alpha value is -4.52. The van der Waals surface area contributed by atoms with Gasteiger partial charge < -0.3 is 10.1 Å². The van der Waals surface area contributed by atoms with Crippen LogP contribution in [-0.4, -0.2) is 32.8 Å². The predicted molar refractivity (Wildman–Crippen MR) is 136 cm³/mol. The van der Waals surface area contributed by atoms with Crippen molar-refractivity contribution in [3.05, 3.63) is 102 Å². The monoisotopic (exact) mass is 463 g/mol. The zero-order valence-electron chi connectivity index (χ0n) is 19.8. The number of pyridine rings is 2. The van der Waals surface area contributed by atoms with Gasteiger partial charge in [0, 0.05) is 29.9 Å². The van der Waals surface area contributed by atoms with Crippen LogP contribution in [0.25, 0.3) is 27.8 Å². The average Bonchev–Trinajstić information content (AvgIpc) is 3.28. The number of amides is 1. The van der Waals surface area contributed by atoms with Crippen LogP contribution in [0, 0.1) is 13.8 Å². The van der Waals surface area contributed by atoms with Crippen molar-refractivity contribution in [1.29, 1.82) is 0 Å². The highest BCUT2D eigenvalue weighted by molar-refractivity contribution is 6.07. The smallest absolute Gasteiger partial charge is 0.252 e. The number of ether oxygens (including phenoxy) is 1. The number of carbonyl (C=O) groups is 1. The van der Waals surface area contributed by atoms with Gasteiger partial charge in [0.25, 0.3) is 5.91 Å². The molecule has 0 atom stereocenters. The Bertz CT molecular complexity index is 1510.